The monoisotopic (exact) mass is 481 g/mol. The predicted octanol–water partition coefficient (Wildman–Crippen LogP) is 4.90. The number of rotatable bonds is 5. The lowest BCUT2D eigenvalue weighted by molar-refractivity contribution is -0.155. The maximum Gasteiger partial charge on any atom is 0.453 e. The molecule has 34 heavy (non-hydrogen) atoms. The van der Waals surface area contributed by atoms with Crippen LogP contribution in [-0.4, -0.2) is 38.3 Å². The molecule has 7 nitrogen and oxygen atoms in total. The maximum absolute atomic E-state index is 13.6. The van der Waals surface area contributed by atoms with E-state index in [0.29, 0.717) is 5.56 Å². The summed E-state index contributed by atoms with van der Waals surface area (Å²) in [6.07, 6.45) is -5.89. The Kier molecular flexibility index (Phi) is 5.85. The highest BCUT2D eigenvalue weighted by atomic mass is 19.4. The van der Waals surface area contributed by atoms with E-state index >= 15 is 0 Å². The van der Waals surface area contributed by atoms with Crippen molar-refractivity contribution >= 4 is 5.91 Å². The number of alkyl halides is 6. The number of carbonyl (C=O) groups is 1. The number of amides is 1. The van der Waals surface area contributed by atoms with Crippen molar-refractivity contribution in [2.24, 2.45) is 0 Å². The molecule has 0 bridgehead atoms. The van der Waals surface area contributed by atoms with Gasteiger partial charge >= 0.3 is 12.4 Å². The van der Waals surface area contributed by atoms with Gasteiger partial charge in [0.25, 0.3) is 5.91 Å². The summed E-state index contributed by atoms with van der Waals surface area (Å²) < 4.78 is 83.3. The van der Waals surface area contributed by atoms with Gasteiger partial charge < -0.3 is 9.84 Å². The normalized spacial score (nSPS) is 12.1. The number of nitrogens with one attached hydrogen (secondary N) is 1. The lowest BCUT2D eigenvalue weighted by Crippen LogP contribution is -2.33. The molecule has 0 spiro atoms. The minimum atomic E-state index is -4.83. The molecule has 0 radical (unpaired) electrons. The van der Waals surface area contributed by atoms with Gasteiger partial charge in [-0.25, -0.2) is 9.97 Å². The fraction of sp³-hybridized carbons (Fsp3) is 0.143. The summed E-state index contributed by atoms with van der Waals surface area (Å²) in [6.45, 7) is -1.50. The SMILES string of the molecule is O=C(NCC(F)(F)F)c1ccc(-n2cnc(-c3c(-c4ccccc4)noc3C(F)(F)F)c2)nc1. The summed E-state index contributed by atoms with van der Waals surface area (Å²) in [5.74, 6) is -2.13. The van der Waals surface area contributed by atoms with Gasteiger partial charge in [-0.15, -0.1) is 0 Å². The summed E-state index contributed by atoms with van der Waals surface area (Å²) >= 11 is 0. The molecule has 0 aliphatic heterocycles. The zero-order valence-corrected chi connectivity index (χ0v) is 16.9. The molecule has 0 unspecified atom stereocenters. The molecule has 176 valence electrons. The Labute approximate surface area is 187 Å². The molecule has 1 N–H and O–H groups in total. The molecule has 1 aromatic carbocycles. The molecule has 0 aliphatic rings. The number of aromatic nitrogens is 4. The highest BCUT2D eigenvalue weighted by molar-refractivity contribution is 5.94. The molecule has 13 heteroatoms. The molecule has 4 rings (SSSR count). The van der Waals surface area contributed by atoms with Crippen molar-refractivity contribution in [1.29, 1.82) is 0 Å². The minimum absolute atomic E-state index is 0.0529. The van der Waals surface area contributed by atoms with Crippen LogP contribution in [0.4, 0.5) is 26.3 Å². The first-order valence-corrected chi connectivity index (χ1v) is 9.51. The number of carbonyl (C=O) groups excluding carboxylic acids is 1. The van der Waals surface area contributed by atoms with Crippen LogP contribution in [-0.2, 0) is 6.18 Å². The average Bonchev–Trinajstić information content (AvgIpc) is 3.45. The molecule has 0 fully saturated rings. The van der Waals surface area contributed by atoms with Gasteiger partial charge in [-0.2, -0.15) is 26.3 Å². The third-order valence-corrected chi connectivity index (χ3v) is 4.56. The number of pyridine rings is 1. The fourth-order valence-corrected chi connectivity index (χ4v) is 3.05. The Bertz CT molecular complexity index is 1290. The summed E-state index contributed by atoms with van der Waals surface area (Å²) in [7, 11) is 0. The van der Waals surface area contributed by atoms with E-state index in [9.17, 15) is 31.1 Å². The lowest BCUT2D eigenvalue weighted by atomic mass is 10.0. The van der Waals surface area contributed by atoms with Gasteiger partial charge in [-0.05, 0) is 12.1 Å². The Hall–Kier alpha value is -4.16. The quantitative estimate of drug-likeness (QED) is 0.410. The van der Waals surface area contributed by atoms with Crippen LogP contribution in [0.25, 0.3) is 28.3 Å². The van der Waals surface area contributed by atoms with Crippen molar-refractivity contribution in [3.63, 3.8) is 0 Å². The topological polar surface area (TPSA) is 85.8 Å². The largest absolute Gasteiger partial charge is 0.453 e. The minimum Gasteiger partial charge on any atom is -0.350 e. The second-order valence-electron chi connectivity index (χ2n) is 6.97. The first kappa shape index (κ1) is 23.0. The van der Waals surface area contributed by atoms with Crippen molar-refractivity contribution in [1.82, 2.24) is 25.0 Å². The van der Waals surface area contributed by atoms with Gasteiger partial charge in [0.15, 0.2) is 0 Å². The highest BCUT2D eigenvalue weighted by Gasteiger charge is 2.41. The molecule has 0 atom stereocenters. The van der Waals surface area contributed by atoms with Crippen LogP contribution < -0.4 is 5.32 Å². The first-order chi connectivity index (χ1) is 16.0. The van der Waals surface area contributed by atoms with E-state index in [2.05, 4.69) is 19.6 Å². The van der Waals surface area contributed by atoms with Crippen molar-refractivity contribution in [2.45, 2.75) is 12.4 Å². The van der Waals surface area contributed by atoms with Crippen molar-refractivity contribution in [3.8, 4) is 28.3 Å². The fourth-order valence-electron chi connectivity index (χ4n) is 3.05. The summed E-state index contributed by atoms with van der Waals surface area (Å²) in [6, 6.07) is 10.6. The third kappa shape index (κ3) is 4.92. The lowest BCUT2D eigenvalue weighted by Gasteiger charge is -2.08. The summed E-state index contributed by atoms with van der Waals surface area (Å²) in [5, 5.41) is 5.31. The summed E-state index contributed by atoms with van der Waals surface area (Å²) in [4.78, 5) is 19.8. The van der Waals surface area contributed by atoms with Crippen LogP contribution in [0, 0.1) is 0 Å². The highest BCUT2D eigenvalue weighted by Crippen LogP contribution is 2.42. The second kappa shape index (κ2) is 8.65. The van der Waals surface area contributed by atoms with Gasteiger partial charge in [-0.1, -0.05) is 35.5 Å². The zero-order valence-electron chi connectivity index (χ0n) is 16.9. The van der Waals surface area contributed by atoms with Crippen molar-refractivity contribution < 1.29 is 35.7 Å². The Balaban J connectivity index is 1.64. The molecule has 3 aromatic heterocycles. The number of halogens is 6. The van der Waals surface area contributed by atoms with E-state index < -0.39 is 30.6 Å². The Morgan fingerprint density at radius 3 is 2.35 bits per heavy atom. The molecular weight excluding hydrogens is 468 g/mol. The van der Waals surface area contributed by atoms with Crippen molar-refractivity contribution in [3.05, 3.63) is 72.5 Å². The van der Waals surface area contributed by atoms with Gasteiger partial charge in [-0.3, -0.25) is 9.36 Å². The second-order valence-corrected chi connectivity index (χ2v) is 6.97. The van der Waals surface area contributed by atoms with Gasteiger partial charge in [0.1, 0.15) is 24.4 Å². The number of hydrogen-bond donors (Lipinski definition) is 1. The molecule has 0 saturated heterocycles. The Morgan fingerprint density at radius 2 is 1.74 bits per heavy atom. The first-order valence-electron chi connectivity index (χ1n) is 9.51. The van der Waals surface area contributed by atoms with Crippen LogP contribution >= 0.6 is 0 Å². The van der Waals surface area contributed by atoms with Gasteiger partial charge in [0.05, 0.1) is 16.8 Å². The smallest absolute Gasteiger partial charge is 0.350 e. The zero-order chi connectivity index (χ0) is 24.5. The van der Waals surface area contributed by atoms with Crippen LogP contribution in [0.3, 0.4) is 0 Å². The molecule has 0 aliphatic carbocycles. The van der Waals surface area contributed by atoms with Crippen LogP contribution in [0.15, 0.2) is 65.7 Å². The van der Waals surface area contributed by atoms with Crippen LogP contribution in [0.1, 0.15) is 16.1 Å². The number of hydrogen-bond acceptors (Lipinski definition) is 5. The van der Waals surface area contributed by atoms with E-state index in [0.717, 1.165) is 6.20 Å². The van der Waals surface area contributed by atoms with E-state index in [1.54, 1.807) is 35.6 Å². The molecule has 3 heterocycles. The summed E-state index contributed by atoms with van der Waals surface area (Å²) in [5.41, 5.74) is -0.249. The van der Waals surface area contributed by atoms with E-state index in [1.165, 1.54) is 29.2 Å². The number of imidazole rings is 1. The average molecular weight is 481 g/mol. The molecular formula is C21H13F6N5O2. The van der Waals surface area contributed by atoms with Gasteiger partial charge in [0, 0.05) is 18.0 Å². The van der Waals surface area contributed by atoms with Crippen LogP contribution in [0.2, 0.25) is 0 Å². The van der Waals surface area contributed by atoms with Crippen LogP contribution in [0.5, 0.6) is 0 Å². The predicted molar refractivity (Wildman–Crippen MR) is 106 cm³/mol. The van der Waals surface area contributed by atoms with E-state index in [4.69, 9.17) is 0 Å². The van der Waals surface area contributed by atoms with Crippen molar-refractivity contribution in [2.75, 3.05) is 6.54 Å². The van der Waals surface area contributed by atoms with E-state index in [1.807, 2.05) is 0 Å². The molecule has 4 aromatic rings. The number of benzene rings is 1. The van der Waals surface area contributed by atoms with Gasteiger partial charge in [0.2, 0.25) is 5.76 Å². The molecule has 0 saturated carbocycles. The number of nitrogens with zero attached hydrogens (tertiary/aromatic N) is 4. The maximum atomic E-state index is 13.6. The third-order valence-electron chi connectivity index (χ3n) is 4.56. The molecule has 1 amide bonds. The van der Waals surface area contributed by atoms with E-state index in [-0.39, 0.29) is 28.3 Å². The Morgan fingerprint density at radius 1 is 1.00 bits per heavy atom. The standard InChI is InChI=1S/C21H13F6N5O2/c22-20(23,24)10-29-19(33)13-6-7-15(28-8-13)32-9-14(30-11-32)16-17(12-4-2-1-3-5-12)31-34-18(16)21(25,26)27/h1-9,11H,10H2,(H,29,33).